The fraction of sp³-hybridized carbons (Fsp3) is 0.118. The van der Waals surface area contributed by atoms with Gasteiger partial charge in [-0.1, -0.05) is 12.1 Å². The smallest absolute Gasteiger partial charge is 0.358 e. The SMILES string of the molecule is CC(=O)Oc1c(C(=O)O)ncc2c1c(Br)c(Br)n2Cc1ccc(F)cc1. The zero-order valence-corrected chi connectivity index (χ0v) is 16.5. The Balaban J connectivity index is 2.22. The first-order valence-electron chi connectivity index (χ1n) is 7.32. The summed E-state index contributed by atoms with van der Waals surface area (Å²) in [5, 5.41) is 9.75. The van der Waals surface area contributed by atoms with Gasteiger partial charge in [0.2, 0.25) is 0 Å². The molecule has 0 unspecified atom stereocenters. The summed E-state index contributed by atoms with van der Waals surface area (Å²) in [7, 11) is 0. The molecule has 0 saturated carbocycles. The summed E-state index contributed by atoms with van der Waals surface area (Å²) in [5.74, 6) is -2.43. The number of halogens is 3. The molecule has 3 rings (SSSR count). The topological polar surface area (TPSA) is 81.4 Å². The van der Waals surface area contributed by atoms with E-state index in [1.807, 2.05) is 0 Å². The summed E-state index contributed by atoms with van der Waals surface area (Å²) >= 11 is 6.86. The van der Waals surface area contributed by atoms with Crippen LogP contribution in [0.15, 0.2) is 39.5 Å². The molecule has 0 aliphatic carbocycles. The molecule has 0 aliphatic rings. The third kappa shape index (κ3) is 3.36. The van der Waals surface area contributed by atoms with Gasteiger partial charge in [0, 0.05) is 13.5 Å². The Hall–Kier alpha value is -2.26. The van der Waals surface area contributed by atoms with Crippen molar-refractivity contribution in [1.82, 2.24) is 9.55 Å². The molecule has 134 valence electrons. The molecular weight excluding hydrogens is 475 g/mol. The van der Waals surface area contributed by atoms with Crippen LogP contribution in [0.4, 0.5) is 4.39 Å². The number of aromatic carboxylic acids is 1. The van der Waals surface area contributed by atoms with Gasteiger partial charge in [-0.2, -0.15) is 0 Å². The van der Waals surface area contributed by atoms with Gasteiger partial charge in [-0.25, -0.2) is 14.2 Å². The molecule has 0 bridgehead atoms. The van der Waals surface area contributed by atoms with E-state index >= 15 is 0 Å². The Morgan fingerprint density at radius 1 is 1.27 bits per heavy atom. The van der Waals surface area contributed by atoms with Crippen molar-refractivity contribution in [2.75, 3.05) is 0 Å². The minimum absolute atomic E-state index is 0.132. The maximum atomic E-state index is 13.1. The Kier molecular flexibility index (Phi) is 5.10. The molecule has 3 aromatic rings. The van der Waals surface area contributed by atoms with E-state index in [1.165, 1.54) is 25.3 Å². The van der Waals surface area contributed by atoms with Crippen LogP contribution in [0.25, 0.3) is 10.9 Å². The second-order valence-corrected chi connectivity index (χ2v) is 6.96. The van der Waals surface area contributed by atoms with Crippen LogP contribution >= 0.6 is 31.9 Å². The average Bonchev–Trinajstić information content (AvgIpc) is 2.81. The number of carbonyl (C=O) groups excluding carboxylic acids is 1. The molecule has 26 heavy (non-hydrogen) atoms. The highest BCUT2D eigenvalue weighted by atomic mass is 79.9. The van der Waals surface area contributed by atoms with Crippen molar-refractivity contribution >= 4 is 54.7 Å². The van der Waals surface area contributed by atoms with Gasteiger partial charge in [-0.3, -0.25) is 4.79 Å². The maximum absolute atomic E-state index is 13.1. The van der Waals surface area contributed by atoms with Gasteiger partial charge < -0.3 is 14.4 Å². The quantitative estimate of drug-likeness (QED) is 0.555. The number of hydrogen-bond acceptors (Lipinski definition) is 4. The van der Waals surface area contributed by atoms with Gasteiger partial charge in [-0.15, -0.1) is 0 Å². The Morgan fingerprint density at radius 3 is 2.50 bits per heavy atom. The molecule has 2 heterocycles. The summed E-state index contributed by atoms with van der Waals surface area (Å²) < 4.78 is 21.2. The highest BCUT2D eigenvalue weighted by Crippen LogP contribution is 2.41. The van der Waals surface area contributed by atoms with Crippen LogP contribution in [0.3, 0.4) is 0 Å². The first kappa shape index (κ1) is 18.5. The fourth-order valence-corrected chi connectivity index (χ4v) is 3.66. The number of carbonyl (C=O) groups is 2. The summed E-state index contributed by atoms with van der Waals surface area (Å²) in [6, 6.07) is 6.01. The van der Waals surface area contributed by atoms with Gasteiger partial charge in [0.25, 0.3) is 0 Å². The first-order valence-corrected chi connectivity index (χ1v) is 8.90. The number of ether oxygens (including phenoxy) is 1. The van der Waals surface area contributed by atoms with Crippen molar-refractivity contribution in [3.63, 3.8) is 0 Å². The molecule has 0 spiro atoms. The van der Waals surface area contributed by atoms with Gasteiger partial charge >= 0.3 is 11.9 Å². The largest absolute Gasteiger partial charge is 0.476 e. The average molecular weight is 486 g/mol. The van der Waals surface area contributed by atoms with Crippen molar-refractivity contribution in [2.45, 2.75) is 13.5 Å². The predicted molar refractivity (Wildman–Crippen MR) is 98.9 cm³/mol. The molecule has 1 N–H and O–H groups in total. The highest BCUT2D eigenvalue weighted by Gasteiger charge is 2.25. The summed E-state index contributed by atoms with van der Waals surface area (Å²) in [5.41, 5.74) is 1.02. The van der Waals surface area contributed by atoms with Crippen molar-refractivity contribution in [2.24, 2.45) is 0 Å². The minimum Gasteiger partial charge on any atom is -0.476 e. The molecule has 1 aromatic carbocycles. The number of hydrogen-bond donors (Lipinski definition) is 1. The van der Waals surface area contributed by atoms with Gasteiger partial charge in [0.15, 0.2) is 11.4 Å². The van der Waals surface area contributed by atoms with Gasteiger partial charge in [-0.05, 0) is 49.6 Å². The first-order chi connectivity index (χ1) is 12.3. The number of benzene rings is 1. The molecule has 9 heteroatoms. The summed E-state index contributed by atoms with van der Waals surface area (Å²) in [6.45, 7) is 1.56. The number of carboxylic acids is 1. The number of nitrogens with zero attached hydrogens (tertiary/aromatic N) is 2. The van der Waals surface area contributed by atoms with Crippen LogP contribution in [0.2, 0.25) is 0 Å². The van der Waals surface area contributed by atoms with E-state index in [4.69, 9.17) is 4.74 Å². The third-order valence-corrected chi connectivity index (χ3v) is 5.77. The lowest BCUT2D eigenvalue weighted by Gasteiger charge is -2.09. The van der Waals surface area contributed by atoms with Crippen molar-refractivity contribution in [3.05, 3.63) is 56.6 Å². The lowest BCUT2D eigenvalue weighted by molar-refractivity contribution is -0.131. The van der Waals surface area contributed by atoms with Crippen molar-refractivity contribution < 1.29 is 23.8 Å². The van der Waals surface area contributed by atoms with Crippen LogP contribution in [-0.4, -0.2) is 26.6 Å². The Bertz CT molecular complexity index is 1030. The molecule has 2 aromatic heterocycles. The second kappa shape index (κ2) is 7.16. The van der Waals surface area contributed by atoms with Crippen LogP contribution in [0, 0.1) is 5.82 Å². The van der Waals surface area contributed by atoms with Gasteiger partial charge in [0.05, 0.1) is 21.6 Å². The van der Waals surface area contributed by atoms with E-state index in [2.05, 4.69) is 36.8 Å². The molecule has 0 radical (unpaired) electrons. The van der Waals surface area contributed by atoms with Crippen molar-refractivity contribution in [3.8, 4) is 5.75 Å². The zero-order valence-electron chi connectivity index (χ0n) is 13.3. The minimum atomic E-state index is -1.31. The Labute approximate surface area is 163 Å². The molecule has 0 aliphatic heterocycles. The highest BCUT2D eigenvalue weighted by molar-refractivity contribution is 9.13. The van der Waals surface area contributed by atoms with E-state index in [9.17, 15) is 19.1 Å². The van der Waals surface area contributed by atoms with Crippen LogP contribution in [-0.2, 0) is 11.3 Å². The number of carboxylic acid groups (broad SMARTS) is 1. The standard InChI is InChI=1S/C17H11Br2FN2O4/c1-8(23)26-15-12-11(6-21-14(15)17(24)25)22(16(19)13(12)18)7-9-2-4-10(20)5-3-9/h2-6H,7H2,1H3,(H,24,25). The number of aromatic nitrogens is 2. The van der Waals surface area contributed by atoms with E-state index < -0.39 is 11.9 Å². The second-order valence-electron chi connectivity index (χ2n) is 5.41. The summed E-state index contributed by atoms with van der Waals surface area (Å²) in [4.78, 5) is 26.8. The molecule has 0 amide bonds. The normalized spacial score (nSPS) is 10.9. The van der Waals surface area contributed by atoms with Crippen LogP contribution in [0.5, 0.6) is 5.75 Å². The molecule has 0 saturated heterocycles. The maximum Gasteiger partial charge on any atom is 0.358 e. The number of rotatable bonds is 4. The molecule has 6 nitrogen and oxygen atoms in total. The monoisotopic (exact) mass is 484 g/mol. The van der Waals surface area contributed by atoms with E-state index in [0.29, 0.717) is 26.5 Å². The van der Waals surface area contributed by atoms with Crippen LogP contribution < -0.4 is 4.74 Å². The third-order valence-electron chi connectivity index (χ3n) is 3.64. The lowest BCUT2D eigenvalue weighted by atomic mass is 10.2. The number of pyridine rings is 1. The number of fused-ring (bicyclic) bond motifs is 1. The molecule has 0 atom stereocenters. The van der Waals surface area contributed by atoms with E-state index in [0.717, 1.165) is 5.56 Å². The summed E-state index contributed by atoms with van der Waals surface area (Å²) in [6.07, 6.45) is 1.39. The molecular formula is C17H11Br2FN2O4. The van der Waals surface area contributed by atoms with Crippen molar-refractivity contribution in [1.29, 1.82) is 0 Å². The van der Waals surface area contributed by atoms with Crippen LogP contribution in [0.1, 0.15) is 23.0 Å². The molecule has 0 fully saturated rings. The van der Waals surface area contributed by atoms with Gasteiger partial charge in [0.1, 0.15) is 10.4 Å². The lowest BCUT2D eigenvalue weighted by Crippen LogP contribution is -2.10. The predicted octanol–water partition coefficient (Wildman–Crippen LogP) is 4.37. The fourth-order valence-electron chi connectivity index (χ4n) is 2.55. The zero-order chi connectivity index (χ0) is 19.0. The number of esters is 1. The van der Waals surface area contributed by atoms with E-state index in [1.54, 1.807) is 16.7 Å². The Morgan fingerprint density at radius 2 is 1.92 bits per heavy atom. The van der Waals surface area contributed by atoms with E-state index in [-0.39, 0.29) is 17.3 Å².